The number of ketones is 1. The van der Waals surface area contributed by atoms with E-state index in [2.05, 4.69) is 22.8 Å². The van der Waals surface area contributed by atoms with Gasteiger partial charge in [-0.2, -0.15) is 5.26 Å². The lowest BCUT2D eigenvalue weighted by molar-refractivity contribution is 0.102. The van der Waals surface area contributed by atoms with Crippen molar-refractivity contribution in [2.24, 2.45) is 0 Å². The van der Waals surface area contributed by atoms with Crippen molar-refractivity contribution in [1.82, 2.24) is 19.3 Å². The summed E-state index contributed by atoms with van der Waals surface area (Å²) in [5, 5.41) is 19.8. The first-order valence-corrected chi connectivity index (χ1v) is 11.4. The number of rotatable bonds is 9. The quantitative estimate of drug-likeness (QED) is 0.183. The fourth-order valence-corrected chi connectivity index (χ4v) is 4.49. The summed E-state index contributed by atoms with van der Waals surface area (Å²) in [6, 6.07) is 17.3. The number of allylic oxidation sites excluding steroid dienone is 1. The largest absolute Gasteiger partial charge is 0.346 e. The van der Waals surface area contributed by atoms with E-state index in [4.69, 9.17) is 16.9 Å². The van der Waals surface area contributed by atoms with Crippen LogP contribution in [-0.4, -0.2) is 30.9 Å². The van der Waals surface area contributed by atoms with E-state index < -0.39 is 0 Å². The van der Waals surface area contributed by atoms with Crippen molar-refractivity contribution in [3.8, 4) is 17.5 Å². The minimum absolute atomic E-state index is 0.00287. The normalized spacial score (nSPS) is 10.9. The Morgan fingerprint density at radius 2 is 1.97 bits per heavy atom. The maximum Gasteiger partial charge on any atom is 0.192 e. The molecule has 0 fully saturated rings. The van der Waals surface area contributed by atoms with Crippen LogP contribution in [0, 0.1) is 11.3 Å². The van der Waals surface area contributed by atoms with E-state index in [0.717, 1.165) is 16.5 Å². The molecule has 0 atom stereocenters. The molecule has 0 aliphatic carbocycles. The van der Waals surface area contributed by atoms with Gasteiger partial charge in [-0.25, -0.2) is 0 Å². The van der Waals surface area contributed by atoms with Crippen LogP contribution >= 0.6 is 23.4 Å². The van der Waals surface area contributed by atoms with Crippen molar-refractivity contribution >= 4 is 40.0 Å². The van der Waals surface area contributed by atoms with E-state index in [1.54, 1.807) is 6.08 Å². The number of para-hydroxylation sites is 1. The van der Waals surface area contributed by atoms with Gasteiger partial charge >= 0.3 is 0 Å². The molecule has 2 aromatic carbocycles. The van der Waals surface area contributed by atoms with Crippen LogP contribution in [-0.2, 0) is 13.1 Å². The molecule has 4 aromatic rings. The molecule has 0 radical (unpaired) electrons. The molecule has 8 heteroatoms. The number of nitrogens with zero attached hydrogens (tertiary/aromatic N) is 5. The summed E-state index contributed by atoms with van der Waals surface area (Å²) in [5.74, 6) is 0.926. The molecule has 0 spiro atoms. The van der Waals surface area contributed by atoms with E-state index in [1.165, 1.54) is 11.8 Å². The standard InChI is InChI=1S/C24H20ClN5OS/c1-2-13-30-23(17-8-10-18(25)11-9-17)27-28-24(30)32-16-22(31)20-15-29(14-5-12-26)21-7-4-3-6-19(20)21/h2-4,6-11,15H,1,5,13-14,16H2. The van der Waals surface area contributed by atoms with Crippen LogP contribution in [0.3, 0.4) is 0 Å². The summed E-state index contributed by atoms with van der Waals surface area (Å²) in [7, 11) is 0. The number of halogens is 1. The van der Waals surface area contributed by atoms with Crippen molar-refractivity contribution in [3.63, 3.8) is 0 Å². The van der Waals surface area contributed by atoms with Gasteiger partial charge in [-0.15, -0.1) is 16.8 Å². The molecular weight excluding hydrogens is 442 g/mol. The van der Waals surface area contributed by atoms with Gasteiger partial charge in [0.2, 0.25) is 0 Å². The second kappa shape index (κ2) is 9.86. The fourth-order valence-electron chi connectivity index (χ4n) is 3.53. The topological polar surface area (TPSA) is 76.5 Å². The Bertz CT molecular complexity index is 1320. The Kier molecular flexibility index (Phi) is 6.74. The molecule has 0 bridgehead atoms. The maximum atomic E-state index is 13.1. The van der Waals surface area contributed by atoms with Gasteiger partial charge in [0.15, 0.2) is 16.8 Å². The minimum atomic E-state index is 0.00287. The molecule has 6 nitrogen and oxygen atoms in total. The summed E-state index contributed by atoms with van der Waals surface area (Å²) in [6.07, 6.45) is 4.01. The van der Waals surface area contributed by atoms with Gasteiger partial charge in [0.05, 0.1) is 18.2 Å². The van der Waals surface area contributed by atoms with E-state index in [0.29, 0.717) is 41.1 Å². The smallest absolute Gasteiger partial charge is 0.192 e. The van der Waals surface area contributed by atoms with Crippen LogP contribution in [0.4, 0.5) is 0 Å². The zero-order valence-electron chi connectivity index (χ0n) is 17.2. The Morgan fingerprint density at radius 1 is 1.19 bits per heavy atom. The number of hydrogen-bond donors (Lipinski definition) is 0. The number of carbonyl (C=O) groups is 1. The number of carbonyl (C=O) groups excluding carboxylic acids is 1. The van der Waals surface area contributed by atoms with Crippen LogP contribution in [0.1, 0.15) is 16.8 Å². The number of Topliss-reactive ketones (excluding diaryl/α,β-unsaturated/α-hetero) is 1. The highest BCUT2D eigenvalue weighted by molar-refractivity contribution is 7.99. The zero-order chi connectivity index (χ0) is 22.5. The van der Waals surface area contributed by atoms with Gasteiger partial charge in [0, 0.05) is 46.3 Å². The zero-order valence-corrected chi connectivity index (χ0v) is 18.8. The van der Waals surface area contributed by atoms with E-state index >= 15 is 0 Å². The highest BCUT2D eigenvalue weighted by Gasteiger charge is 2.18. The Hall–Kier alpha value is -3.34. The number of fused-ring (bicyclic) bond motifs is 1. The van der Waals surface area contributed by atoms with Crippen LogP contribution < -0.4 is 0 Å². The first-order valence-electron chi connectivity index (χ1n) is 10.0. The van der Waals surface area contributed by atoms with Gasteiger partial charge in [-0.05, 0) is 30.3 Å². The maximum absolute atomic E-state index is 13.1. The number of hydrogen-bond acceptors (Lipinski definition) is 5. The third kappa shape index (κ3) is 4.47. The predicted molar refractivity (Wildman–Crippen MR) is 128 cm³/mol. The molecule has 0 N–H and O–H groups in total. The minimum Gasteiger partial charge on any atom is -0.346 e. The average molecular weight is 462 g/mol. The van der Waals surface area contributed by atoms with Crippen molar-refractivity contribution in [3.05, 3.63) is 78.0 Å². The van der Waals surface area contributed by atoms with Crippen LogP contribution in [0.5, 0.6) is 0 Å². The lowest BCUT2D eigenvalue weighted by Crippen LogP contribution is -2.05. The number of aromatic nitrogens is 4. The molecule has 0 aliphatic heterocycles. The Labute approximate surface area is 195 Å². The van der Waals surface area contributed by atoms with Gasteiger partial charge in [0.1, 0.15) is 0 Å². The van der Waals surface area contributed by atoms with Crippen LogP contribution in [0.2, 0.25) is 5.02 Å². The summed E-state index contributed by atoms with van der Waals surface area (Å²) in [4.78, 5) is 13.1. The van der Waals surface area contributed by atoms with Crippen LogP contribution in [0.25, 0.3) is 22.3 Å². The number of benzene rings is 2. The summed E-state index contributed by atoms with van der Waals surface area (Å²) < 4.78 is 3.90. The Morgan fingerprint density at radius 3 is 2.72 bits per heavy atom. The van der Waals surface area contributed by atoms with E-state index in [1.807, 2.05) is 63.9 Å². The molecule has 160 valence electrons. The first kappa shape index (κ1) is 21.9. The molecule has 0 unspecified atom stereocenters. The second-order valence-electron chi connectivity index (χ2n) is 7.09. The molecule has 0 aliphatic rings. The summed E-state index contributed by atoms with van der Waals surface area (Å²) >= 11 is 7.35. The average Bonchev–Trinajstić information content (AvgIpc) is 3.38. The second-order valence-corrected chi connectivity index (χ2v) is 8.46. The summed E-state index contributed by atoms with van der Waals surface area (Å²) in [6.45, 7) is 4.90. The third-order valence-corrected chi connectivity index (χ3v) is 6.24. The van der Waals surface area contributed by atoms with Crippen molar-refractivity contribution in [2.45, 2.75) is 24.7 Å². The van der Waals surface area contributed by atoms with Gasteiger partial charge < -0.3 is 4.57 Å². The number of aryl methyl sites for hydroxylation is 1. The lowest BCUT2D eigenvalue weighted by Gasteiger charge is -2.07. The van der Waals surface area contributed by atoms with Crippen molar-refractivity contribution in [2.75, 3.05) is 5.75 Å². The van der Waals surface area contributed by atoms with Gasteiger partial charge in [-0.3, -0.25) is 9.36 Å². The van der Waals surface area contributed by atoms with E-state index in [-0.39, 0.29) is 11.5 Å². The molecule has 4 rings (SSSR count). The monoisotopic (exact) mass is 461 g/mol. The van der Waals surface area contributed by atoms with Gasteiger partial charge in [0.25, 0.3) is 0 Å². The Balaban J connectivity index is 1.58. The van der Waals surface area contributed by atoms with Gasteiger partial charge in [-0.1, -0.05) is 47.6 Å². The number of nitriles is 1. The van der Waals surface area contributed by atoms with Crippen molar-refractivity contribution in [1.29, 1.82) is 5.26 Å². The number of thioether (sulfide) groups is 1. The van der Waals surface area contributed by atoms with Crippen LogP contribution in [0.15, 0.2) is 72.5 Å². The molecule has 0 saturated carbocycles. The molecule has 0 saturated heterocycles. The fraction of sp³-hybridized carbons (Fsp3) is 0.167. The molecular formula is C24H20ClN5OS. The molecule has 0 amide bonds. The SMILES string of the molecule is C=CCn1c(SCC(=O)c2cn(CCC#N)c3ccccc23)nnc1-c1ccc(Cl)cc1. The molecule has 32 heavy (non-hydrogen) atoms. The van der Waals surface area contributed by atoms with E-state index in [9.17, 15) is 4.79 Å². The molecule has 2 heterocycles. The highest BCUT2D eigenvalue weighted by Crippen LogP contribution is 2.28. The predicted octanol–water partition coefficient (Wildman–Crippen LogP) is 5.63. The molecule has 2 aromatic heterocycles. The lowest BCUT2D eigenvalue weighted by atomic mass is 10.1. The first-order chi connectivity index (χ1) is 15.6. The summed E-state index contributed by atoms with van der Waals surface area (Å²) in [5.41, 5.74) is 2.50. The van der Waals surface area contributed by atoms with Crippen molar-refractivity contribution < 1.29 is 4.79 Å². The highest BCUT2D eigenvalue weighted by atomic mass is 35.5. The third-order valence-electron chi connectivity index (χ3n) is 5.02.